The van der Waals surface area contributed by atoms with Crippen LogP contribution >= 0.6 is 23.5 Å². The first-order chi connectivity index (χ1) is 20.8. The van der Waals surface area contributed by atoms with Crippen molar-refractivity contribution in [3.63, 3.8) is 0 Å². The summed E-state index contributed by atoms with van der Waals surface area (Å²) in [4.78, 5) is 47.8. The summed E-state index contributed by atoms with van der Waals surface area (Å²) in [7, 11) is 0. The molecule has 0 spiro atoms. The second-order valence-corrected chi connectivity index (χ2v) is 13.1. The van der Waals surface area contributed by atoms with Gasteiger partial charge in [0.05, 0.1) is 18.3 Å². The lowest BCUT2D eigenvalue weighted by Crippen LogP contribution is -2.49. The molecule has 0 fully saturated rings. The van der Waals surface area contributed by atoms with E-state index in [0.29, 0.717) is 49.9 Å². The van der Waals surface area contributed by atoms with Gasteiger partial charge in [-0.15, -0.1) is 11.8 Å². The second kappa shape index (κ2) is 16.0. The molecule has 0 aliphatic carbocycles. The van der Waals surface area contributed by atoms with Crippen molar-refractivity contribution in [2.45, 2.75) is 63.6 Å². The van der Waals surface area contributed by atoms with Crippen molar-refractivity contribution in [2.75, 3.05) is 30.9 Å². The molecule has 2 aromatic carbocycles. The molecule has 4 rings (SSSR count). The van der Waals surface area contributed by atoms with Crippen LogP contribution in [0.15, 0.2) is 59.5 Å². The van der Waals surface area contributed by atoms with Gasteiger partial charge in [0.1, 0.15) is 6.04 Å². The topological polar surface area (TPSA) is 109 Å². The van der Waals surface area contributed by atoms with Crippen molar-refractivity contribution in [1.29, 1.82) is 0 Å². The first-order valence-electron chi connectivity index (χ1n) is 14.8. The van der Waals surface area contributed by atoms with Crippen LogP contribution in [0.5, 0.6) is 0 Å². The number of thioether (sulfide) groups is 2. The molecule has 2 heterocycles. The normalized spacial score (nSPS) is 18.5. The summed E-state index contributed by atoms with van der Waals surface area (Å²) < 4.78 is 1.84. The standard InChI is InChI=1S/C32H42N6O3S2/c1-22(2)29-31-35-30(24-12-6-5-7-13-24)36-38(31)19-18-37(28(40)21-43-26-14-9-8-11-23(26)3)17-10-15-27(39)33-25(16-20-42-4)32(41)34-29/h5-9,11-14,22,25,29H,10,15-21H2,1-4H3,(H,33,39)(H,34,41)/t25-,29+/m0/s1. The number of benzene rings is 2. The van der Waals surface area contributed by atoms with Crippen LogP contribution in [0.1, 0.15) is 50.5 Å². The number of hydrogen-bond acceptors (Lipinski definition) is 7. The van der Waals surface area contributed by atoms with Crippen molar-refractivity contribution >= 4 is 41.2 Å². The maximum Gasteiger partial charge on any atom is 0.243 e. The second-order valence-electron chi connectivity index (χ2n) is 11.1. The van der Waals surface area contributed by atoms with E-state index in [1.165, 1.54) is 11.8 Å². The fourth-order valence-corrected chi connectivity index (χ4v) is 6.37. The zero-order chi connectivity index (χ0) is 30.8. The number of hydrogen-bond donors (Lipinski definition) is 2. The molecule has 230 valence electrons. The van der Waals surface area contributed by atoms with Gasteiger partial charge >= 0.3 is 0 Å². The minimum Gasteiger partial charge on any atom is -0.344 e. The molecule has 2 N–H and O–H groups in total. The summed E-state index contributed by atoms with van der Waals surface area (Å²) in [5, 5.41) is 11.0. The monoisotopic (exact) mass is 622 g/mol. The molecule has 43 heavy (non-hydrogen) atoms. The third-order valence-corrected chi connectivity index (χ3v) is 9.25. The largest absolute Gasteiger partial charge is 0.344 e. The molecule has 9 nitrogen and oxygen atoms in total. The molecule has 1 aromatic heterocycles. The number of nitrogens with one attached hydrogen (secondary N) is 2. The molecule has 0 bridgehead atoms. The van der Waals surface area contributed by atoms with E-state index in [1.807, 2.05) is 91.2 Å². The Balaban J connectivity index is 1.65. The van der Waals surface area contributed by atoms with Gasteiger partial charge in [0.15, 0.2) is 11.6 Å². The van der Waals surface area contributed by atoms with Crippen LogP contribution in [0.3, 0.4) is 0 Å². The Kier molecular flexibility index (Phi) is 12.1. The van der Waals surface area contributed by atoms with Crippen molar-refractivity contribution in [3.05, 3.63) is 66.0 Å². The predicted octanol–water partition coefficient (Wildman–Crippen LogP) is 4.72. The van der Waals surface area contributed by atoms with Gasteiger partial charge < -0.3 is 15.5 Å². The van der Waals surface area contributed by atoms with Gasteiger partial charge in [-0.25, -0.2) is 9.67 Å². The van der Waals surface area contributed by atoms with E-state index in [1.54, 1.807) is 11.8 Å². The number of nitrogens with zero attached hydrogens (tertiary/aromatic N) is 4. The Bertz CT molecular complexity index is 1380. The Morgan fingerprint density at radius 1 is 1.02 bits per heavy atom. The molecule has 3 amide bonds. The number of carbonyl (C=O) groups excluding carboxylic acids is 3. The van der Waals surface area contributed by atoms with E-state index in [9.17, 15) is 14.4 Å². The average molecular weight is 623 g/mol. The third kappa shape index (κ3) is 9.09. The highest BCUT2D eigenvalue weighted by Gasteiger charge is 2.30. The molecular weight excluding hydrogens is 581 g/mol. The number of amides is 3. The quantitative estimate of drug-likeness (QED) is 0.350. The zero-order valence-corrected chi connectivity index (χ0v) is 27.0. The zero-order valence-electron chi connectivity index (χ0n) is 25.4. The summed E-state index contributed by atoms with van der Waals surface area (Å²) >= 11 is 3.16. The first kappa shape index (κ1) is 32.6. The lowest BCUT2D eigenvalue weighted by Gasteiger charge is -2.28. The van der Waals surface area contributed by atoms with E-state index in [2.05, 4.69) is 10.6 Å². The summed E-state index contributed by atoms with van der Waals surface area (Å²) in [6.45, 7) is 7.37. The number of aryl methyl sites for hydroxylation is 1. The Labute approximate surface area is 263 Å². The van der Waals surface area contributed by atoms with E-state index in [-0.39, 0.29) is 30.1 Å². The van der Waals surface area contributed by atoms with Gasteiger partial charge in [-0.1, -0.05) is 62.4 Å². The van der Waals surface area contributed by atoms with Crippen LogP contribution < -0.4 is 10.6 Å². The Hall–Kier alpha value is -3.31. The minimum atomic E-state index is -0.655. The fourth-order valence-electron chi connectivity index (χ4n) is 4.97. The summed E-state index contributed by atoms with van der Waals surface area (Å²) in [5.41, 5.74) is 2.01. The number of fused-ring (bicyclic) bond motifs is 1. The van der Waals surface area contributed by atoms with Crippen molar-refractivity contribution in [3.8, 4) is 11.4 Å². The van der Waals surface area contributed by atoms with Gasteiger partial charge in [-0.2, -0.15) is 16.9 Å². The van der Waals surface area contributed by atoms with E-state index in [0.717, 1.165) is 21.8 Å². The smallest absolute Gasteiger partial charge is 0.243 e. The Morgan fingerprint density at radius 3 is 2.49 bits per heavy atom. The highest BCUT2D eigenvalue weighted by molar-refractivity contribution is 8.00. The van der Waals surface area contributed by atoms with Crippen molar-refractivity contribution in [2.24, 2.45) is 5.92 Å². The summed E-state index contributed by atoms with van der Waals surface area (Å²) in [6.07, 6.45) is 3.23. The summed E-state index contributed by atoms with van der Waals surface area (Å²) in [6, 6.07) is 16.7. The number of aromatic nitrogens is 3. The van der Waals surface area contributed by atoms with Gasteiger partial charge in [0.25, 0.3) is 0 Å². The van der Waals surface area contributed by atoms with Gasteiger partial charge in [0.2, 0.25) is 17.7 Å². The molecular formula is C32H42N6O3S2. The van der Waals surface area contributed by atoms with E-state index in [4.69, 9.17) is 10.1 Å². The Morgan fingerprint density at radius 2 is 1.77 bits per heavy atom. The van der Waals surface area contributed by atoms with E-state index < -0.39 is 12.1 Å². The molecule has 0 radical (unpaired) electrons. The number of rotatable bonds is 8. The van der Waals surface area contributed by atoms with Gasteiger partial charge in [0, 0.05) is 30.0 Å². The lowest BCUT2D eigenvalue weighted by molar-refractivity contribution is -0.130. The predicted molar refractivity (Wildman–Crippen MR) is 174 cm³/mol. The van der Waals surface area contributed by atoms with Crippen LogP contribution in [0.25, 0.3) is 11.4 Å². The van der Waals surface area contributed by atoms with Crippen LogP contribution in [0.2, 0.25) is 0 Å². The molecule has 2 atom stereocenters. The highest BCUT2D eigenvalue weighted by atomic mass is 32.2. The molecule has 1 aliphatic rings. The third-order valence-electron chi connectivity index (χ3n) is 7.45. The highest BCUT2D eigenvalue weighted by Crippen LogP contribution is 2.25. The molecule has 0 unspecified atom stereocenters. The van der Waals surface area contributed by atoms with Crippen LogP contribution in [0.4, 0.5) is 0 Å². The maximum atomic E-state index is 13.5. The average Bonchev–Trinajstić information content (AvgIpc) is 3.42. The molecule has 3 aromatic rings. The molecule has 1 aliphatic heterocycles. The molecule has 0 saturated carbocycles. The fraction of sp³-hybridized carbons (Fsp3) is 0.469. The van der Waals surface area contributed by atoms with Crippen LogP contribution in [-0.4, -0.2) is 74.3 Å². The van der Waals surface area contributed by atoms with Crippen molar-refractivity contribution < 1.29 is 14.4 Å². The minimum absolute atomic E-state index is 0.00331. The lowest BCUT2D eigenvalue weighted by atomic mass is 10.0. The first-order valence-corrected chi connectivity index (χ1v) is 17.2. The summed E-state index contributed by atoms with van der Waals surface area (Å²) in [5.74, 6) is 1.85. The van der Waals surface area contributed by atoms with E-state index >= 15 is 0 Å². The maximum absolute atomic E-state index is 13.5. The number of carbonyl (C=O) groups is 3. The van der Waals surface area contributed by atoms with Crippen molar-refractivity contribution in [1.82, 2.24) is 30.3 Å². The van der Waals surface area contributed by atoms with Crippen LogP contribution in [0, 0.1) is 12.8 Å². The van der Waals surface area contributed by atoms with Gasteiger partial charge in [-0.05, 0) is 49.3 Å². The SMILES string of the molecule is CSCC[C@@H]1NC(=O)CCCN(C(=O)CSc2ccccc2C)CCn2nc(-c3ccccc3)nc2[C@@H](C(C)C)NC1=O. The molecule has 0 saturated heterocycles. The van der Waals surface area contributed by atoms with Gasteiger partial charge in [-0.3, -0.25) is 14.4 Å². The van der Waals surface area contributed by atoms with Crippen LogP contribution in [-0.2, 0) is 20.9 Å². The molecule has 11 heteroatoms.